The summed E-state index contributed by atoms with van der Waals surface area (Å²) in [5.74, 6) is 0.214. The minimum absolute atomic E-state index is 0.202. The molecular formula is C25H20FN5O3. The van der Waals surface area contributed by atoms with E-state index in [4.69, 9.17) is 4.74 Å². The molecule has 2 N–H and O–H groups in total. The first kappa shape index (κ1) is 21.3. The smallest absolute Gasteiger partial charge is 0.409 e. The first-order chi connectivity index (χ1) is 16.5. The van der Waals surface area contributed by atoms with Crippen molar-refractivity contribution in [2.24, 2.45) is 5.10 Å². The number of aromatic amines is 1. The lowest BCUT2D eigenvalue weighted by Gasteiger charge is -2.21. The number of rotatable bonds is 4. The molecule has 0 bridgehead atoms. The number of benzene rings is 3. The molecular weight excluding hydrogens is 437 g/mol. The van der Waals surface area contributed by atoms with Crippen molar-refractivity contribution in [3.8, 4) is 5.75 Å². The predicted octanol–water partition coefficient (Wildman–Crippen LogP) is 5.01. The molecule has 0 aliphatic carbocycles. The third-order valence-corrected chi connectivity index (χ3v) is 5.37. The van der Waals surface area contributed by atoms with Crippen LogP contribution in [0, 0.1) is 5.82 Å². The lowest BCUT2D eigenvalue weighted by atomic mass is 10.0. The van der Waals surface area contributed by atoms with Gasteiger partial charge in [0.05, 0.1) is 17.1 Å². The molecule has 3 aromatic carbocycles. The number of hydrogen-bond acceptors (Lipinski definition) is 5. The summed E-state index contributed by atoms with van der Waals surface area (Å²) >= 11 is 0. The highest BCUT2D eigenvalue weighted by Gasteiger charge is 2.35. The minimum Gasteiger partial charge on any atom is -0.409 e. The largest absolute Gasteiger partial charge is 0.436 e. The van der Waals surface area contributed by atoms with E-state index in [1.807, 2.05) is 24.3 Å². The second-order valence-corrected chi connectivity index (χ2v) is 7.84. The maximum Gasteiger partial charge on any atom is 0.436 e. The summed E-state index contributed by atoms with van der Waals surface area (Å²) in [5, 5.41) is 8.36. The average molecular weight is 457 g/mol. The van der Waals surface area contributed by atoms with Gasteiger partial charge in [-0.15, -0.1) is 0 Å². The second kappa shape index (κ2) is 8.78. The number of hydrogen-bond donors (Lipinski definition) is 2. The molecule has 0 saturated carbocycles. The van der Waals surface area contributed by atoms with Gasteiger partial charge in [0.15, 0.2) is 5.82 Å². The second-order valence-electron chi connectivity index (χ2n) is 7.84. The number of carbonyl (C=O) groups excluding carboxylic acids is 2. The van der Waals surface area contributed by atoms with Gasteiger partial charge in [0.1, 0.15) is 17.3 Å². The van der Waals surface area contributed by atoms with Gasteiger partial charge in [0.2, 0.25) is 5.91 Å². The Morgan fingerprint density at radius 2 is 1.88 bits per heavy atom. The number of hydrazone groups is 1. The Hall–Kier alpha value is -4.53. The fourth-order valence-electron chi connectivity index (χ4n) is 3.84. The molecule has 1 aromatic heterocycles. The van der Waals surface area contributed by atoms with E-state index >= 15 is 0 Å². The molecule has 2 amide bonds. The van der Waals surface area contributed by atoms with Crippen molar-refractivity contribution in [2.45, 2.75) is 19.4 Å². The first-order valence-corrected chi connectivity index (χ1v) is 10.6. The zero-order valence-electron chi connectivity index (χ0n) is 18.2. The molecule has 4 aromatic rings. The van der Waals surface area contributed by atoms with E-state index in [1.54, 1.807) is 36.4 Å². The van der Waals surface area contributed by atoms with E-state index in [9.17, 15) is 14.0 Å². The highest BCUT2D eigenvalue weighted by Crippen LogP contribution is 2.34. The number of amides is 2. The summed E-state index contributed by atoms with van der Waals surface area (Å²) in [6, 6.07) is 19.5. The highest BCUT2D eigenvalue weighted by molar-refractivity contribution is 6.02. The maximum absolute atomic E-state index is 14.0. The van der Waals surface area contributed by atoms with Crippen molar-refractivity contribution in [3.05, 3.63) is 90.0 Å². The molecule has 1 aliphatic rings. The monoisotopic (exact) mass is 457 g/mol. The minimum atomic E-state index is -0.715. The normalized spacial score (nSPS) is 15.3. The lowest BCUT2D eigenvalue weighted by Crippen LogP contribution is -2.30. The molecule has 0 radical (unpaired) electrons. The van der Waals surface area contributed by atoms with Crippen LogP contribution in [0.4, 0.5) is 14.9 Å². The number of imidazole rings is 1. The van der Waals surface area contributed by atoms with Crippen molar-refractivity contribution in [1.82, 2.24) is 15.0 Å². The van der Waals surface area contributed by atoms with Crippen LogP contribution in [0.1, 0.15) is 30.8 Å². The number of ether oxygens (including phenoxy) is 1. The van der Waals surface area contributed by atoms with Crippen LogP contribution in [0.5, 0.6) is 5.75 Å². The molecule has 1 aliphatic heterocycles. The van der Waals surface area contributed by atoms with E-state index in [0.717, 1.165) is 11.0 Å². The Morgan fingerprint density at radius 3 is 2.62 bits per heavy atom. The van der Waals surface area contributed by atoms with Crippen LogP contribution in [0.15, 0.2) is 77.9 Å². The summed E-state index contributed by atoms with van der Waals surface area (Å²) in [7, 11) is 0. The highest BCUT2D eigenvalue weighted by atomic mass is 19.1. The molecule has 1 unspecified atom stereocenters. The Balaban J connectivity index is 1.44. The summed E-state index contributed by atoms with van der Waals surface area (Å²) < 4.78 is 19.5. The molecule has 34 heavy (non-hydrogen) atoms. The van der Waals surface area contributed by atoms with E-state index in [2.05, 4.69) is 20.4 Å². The Bertz CT molecular complexity index is 1380. The summed E-state index contributed by atoms with van der Waals surface area (Å²) in [4.78, 5) is 32.1. The van der Waals surface area contributed by atoms with Crippen molar-refractivity contribution < 1.29 is 18.7 Å². The molecule has 9 heteroatoms. The standard InChI is InChI=1S/C25H20FN5O3/c1-15(32)27-18-9-11-19(12-10-18)34-25(33)31-23(16-5-4-6-17(26)13-16)14-22(30-31)24-28-20-7-2-3-8-21(20)29-24/h2-13,23H,14H2,1H3,(H,27,32)(H,28,29). The van der Waals surface area contributed by atoms with Crippen LogP contribution < -0.4 is 10.1 Å². The van der Waals surface area contributed by atoms with Gasteiger partial charge in [-0.2, -0.15) is 10.1 Å². The summed E-state index contributed by atoms with van der Waals surface area (Å²) in [6.07, 6.45) is -0.382. The third kappa shape index (κ3) is 4.36. The SMILES string of the molecule is CC(=O)Nc1ccc(OC(=O)N2N=C(c3nc4ccccc4[nH]3)CC2c2cccc(F)c2)cc1. The van der Waals surface area contributed by atoms with Gasteiger partial charge >= 0.3 is 6.09 Å². The van der Waals surface area contributed by atoms with Crippen LogP contribution in [0.25, 0.3) is 11.0 Å². The molecule has 0 saturated heterocycles. The number of halogens is 1. The van der Waals surface area contributed by atoms with Gasteiger partial charge in [0, 0.05) is 19.0 Å². The van der Waals surface area contributed by atoms with Crippen molar-refractivity contribution in [2.75, 3.05) is 5.32 Å². The van der Waals surface area contributed by atoms with Crippen LogP contribution in [0.2, 0.25) is 0 Å². The number of fused-ring (bicyclic) bond motifs is 1. The number of H-pyrrole nitrogens is 1. The number of nitrogens with one attached hydrogen (secondary N) is 2. The molecule has 2 heterocycles. The van der Waals surface area contributed by atoms with Crippen molar-refractivity contribution in [3.63, 3.8) is 0 Å². The van der Waals surface area contributed by atoms with E-state index in [0.29, 0.717) is 29.2 Å². The topological polar surface area (TPSA) is 99.7 Å². The number of para-hydroxylation sites is 2. The zero-order valence-corrected chi connectivity index (χ0v) is 18.2. The van der Waals surface area contributed by atoms with Crippen LogP contribution >= 0.6 is 0 Å². The van der Waals surface area contributed by atoms with Gasteiger partial charge < -0.3 is 15.0 Å². The van der Waals surface area contributed by atoms with E-state index in [1.165, 1.54) is 24.1 Å². The van der Waals surface area contributed by atoms with Crippen LogP contribution in [-0.2, 0) is 4.79 Å². The molecule has 8 nitrogen and oxygen atoms in total. The molecule has 0 fully saturated rings. The fourth-order valence-corrected chi connectivity index (χ4v) is 3.84. The average Bonchev–Trinajstić information content (AvgIpc) is 3.45. The zero-order chi connectivity index (χ0) is 23.7. The van der Waals surface area contributed by atoms with Crippen molar-refractivity contribution >= 4 is 34.4 Å². The number of nitrogens with zero attached hydrogens (tertiary/aromatic N) is 3. The Kier molecular flexibility index (Phi) is 5.51. The number of aromatic nitrogens is 2. The van der Waals surface area contributed by atoms with Crippen molar-refractivity contribution in [1.29, 1.82) is 0 Å². The molecule has 170 valence electrons. The quantitative estimate of drug-likeness (QED) is 0.450. The van der Waals surface area contributed by atoms with Gasteiger partial charge in [0.25, 0.3) is 0 Å². The van der Waals surface area contributed by atoms with Gasteiger partial charge in [-0.1, -0.05) is 24.3 Å². The molecule has 1 atom stereocenters. The summed E-state index contributed by atoms with van der Waals surface area (Å²) in [6.45, 7) is 1.41. The van der Waals surface area contributed by atoms with Crippen LogP contribution in [0.3, 0.4) is 0 Å². The first-order valence-electron chi connectivity index (χ1n) is 10.6. The molecule has 5 rings (SSSR count). The maximum atomic E-state index is 14.0. The van der Waals surface area contributed by atoms with Crippen LogP contribution in [-0.4, -0.2) is 32.7 Å². The fraction of sp³-hybridized carbons (Fsp3) is 0.120. The van der Waals surface area contributed by atoms with Gasteiger partial charge in [-0.05, 0) is 54.1 Å². The van der Waals surface area contributed by atoms with E-state index in [-0.39, 0.29) is 11.7 Å². The Morgan fingerprint density at radius 1 is 1.09 bits per heavy atom. The third-order valence-electron chi connectivity index (χ3n) is 5.37. The van der Waals surface area contributed by atoms with Gasteiger partial charge in [-0.3, -0.25) is 4.79 Å². The van der Waals surface area contributed by atoms with E-state index < -0.39 is 18.0 Å². The Labute approximate surface area is 194 Å². The lowest BCUT2D eigenvalue weighted by molar-refractivity contribution is -0.114. The predicted molar refractivity (Wildman–Crippen MR) is 125 cm³/mol. The summed E-state index contributed by atoms with van der Waals surface area (Å²) in [5.41, 5.74) is 3.36. The number of carbonyl (C=O) groups is 2. The van der Waals surface area contributed by atoms with Gasteiger partial charge in [-0.25, -0.2) is 14.2 Å². The number of anilines is 1. The molecule has 0 spiro atoms.